The molecule has 2 aliphatic rings. The van der Waals surface area contributed by atoms with E-state index >= 15 is 0 Å². The molecule has 0 aliphatic heterocycles. The molecule has 0 saturated heterocycles. The van der Waals surface area contributed by atoms with E-state index in [1.807, 2.05) is 0 Å². The van der Waals surface area contributed by atoms with Crippen molar-refractivity contribution in [3.05, 3.63) is 0 Å². The number of hydrogen-bond acceptors (Lipinski definition) is 3. The molecule has 2 aliphatic carbocycles. The highest BCUT2D eigenvalue weighted by atomic mass is 28.4. The Morgan fingerprint density at radius 2 is 0.931 bits per heavy atom. The van der Waals surface area contributed by atoms with E-state index in [0.29, 0.717) is 0 Å². The Kier molecular flexibility index (Phi) is 12.4. The smallest absolute Gasteiger partial charge is 0.377 e. The van der Waals surface area contributed by atoms with Crippen molar-refractivity contribution in [1.29, 1.82) is 0 Å². The molecule has 0 N–H and O–H groups in total. The lowest BCUT2D eigenvalue weighted by Gasteiger charge is -2.32. The minimum atomic E-state index is -2.36. The van der Waals surface area contributed by atoms with E-state index in [4.69, 9.17) is 13.3 Å². The van der Waals surface area contributed by atoms with Gasteiger partial charge < -0.3 is 13.3 Å². The summed E-state index contributed by atoms with van der Waals surface area (Å²) < 4.78 is 16.7. The van der Waals surface area contributed by atoms with Crippen molar-refractivity contribution in [2.75, 3.05) is 21.3 Å². The molecule has 0 heterocycles. The lowest BCUT2D eigenvalue weighted by molar-refractivity contribution is 0.121. The Morgan fingerprint density at radius 3 is 1.31 bits per heavy atom. The maximum absolute atomic E-state index is 5.56. The Morgan fingerprint density at radius 1 is 0.552 bits per heavy atom. The zero-order valence-electron chi connectivity index (χ0n) is 20.1. The largest absolute Gasteiger partial charge is 0.500 e. The molecular formula is C25H50O3Si. The van der Waals surface area contributed by atoms with Gasteiger partial charge in [0, 0.05) is 27.4 Å². The van der Waals surface area contributed by atoms with Crippen LogP contribution in [0, 0.1) is 23.7 Å². The van der Waals surface area contributed by atoms with Gasteiger partial charge in [0.1, 0.15) is 0 Å². The SMILES string of the molecule is CCCCCC1CCC(CCC2CCC(CCC[Si](OC)(OC)OC)CC2)CC1. The zero-order valence-corrected chi connectivity index (χ0v) is 21.1. The lowest BCUT2D eigenvalue weighted by atomic mass is 9.74. The molecule has 2 fully saturated rings. The summed E-state index contributed by atoms with van der Waals surface area (Å²) in [5, 5.41) is 0. The van der Waals surface area contributed by atoms with Gasteiger partial charge in [0.2, 0.25) is 0 Å². The van der Waals surface area contributed by atoms with Crippen molar-refractivity contribution in [2.45, 2.75) is 116 Å². The fourth-order valence-corrected chi connectivity index (χ4v) is 7.69. The van der Waals surface area contributed by atoms with Crippen LogP contribution in [0.5, 0.6) is 0 Å². The molecule has 0 atom stereocenters. The molecule has 172 valence electrons. The second-order valence-electron chi connectivity index (χ2n) is 10.0. The topological polar surface area (TPSA) is 27.7 Å². The number of unbranched alkanes of at least 4 members (excludes halogenated alkanes) is 2. The molecule has 0 radical (unpaired) electrons. The third kappa shape index (κ3) is 9.01. The van der Waals surface area contributed by atoms with Crippen LogP contribution in [0.4, 0.5) is 0 Å². The Labute approximate surface area is 183 Å². The van der Waals surface area contributed by atoms with Crippen molar-refractivity contribution in [3.8, 4) is 0 Å². The summed E-state index contributed by atoms with van der Waals surface area (Å²) in [5.74, 6) is 4.04. The third-order valence-corrected chi connectivity index (χ3v) is 11.0. The lowest BCUT2D eigenvalue weighted by Crippen LogP contribution is -2.42. The summed E-state index contributed by atoms with van der Waals surface area (Å²) in [6.45, 7) is 2.32. The molecule has 0 amide bonds. The van der Waals surface area contributed by atoms with Gasteiger partial charge in [-0.3, -0.25) is 0 Å². The summed E-state index contributed by atoms with van der Waals surface area (Å²) in [7, 11) is 2.81. The standard InChI is InChI=1S/C25H50O3Si/c1-5-6-7-9-22-11-15-24(16-12-22)19-20-25-17-13-23(14-18-25)10-8-21-29(26-2,27-3)28-4/h22-25H,5-21H2,1-4H3. The average Bonchev–Trinajstić information content (AvgIpc) is 2.77. The summed E-state index contributed by atoms with van der Waals surface area (Å²) >= 11 is 0. The summed E-state index contributed by atoms with van der Waals surface area (Å²) in [6, 6.07) is 0.956. The van der Waals surface area contributed by atoms with Crippen molar-refractivity contribution in [2.24, 2.45) is 23.7 Å². The van der Waals surface area contributed by atoms with Crippen LogP contribution < -0.4 is 0 Å². The average molecular weight is 427 g/mol. The highest BCUT2D eigenvalue weighted by Crippen LogP contribution is 2.38. The molecule has 0 bridgehead atoms. The van der Waals surface area contributed by atoms with Crippen LogP contribution in [0.25, 0.3) is 0 Å². The van der Waals surface area contributed by atoms with Crippen LogP contribution >= 0.6 is 0 Å². The highest BCUT2D eigenvalue weighted by molar-refractivity contribution is 6.60. The molecular weight excluding hydrogens is 376 g/mol. The van der Waals surface area contributed by atoms with E-state index in [1.54, 1.807) is 21.3 Å². The predicted octanol–water partition coefficient (Wildman–Crippen LogP) is 7.62. The molecule has 0 aromatic heterocycles. The summed E-state index contributed by atoms with van der Waals surface area (Å²) in [5.41, 5.74) is 0. The van der Waals surface area contributed by atoms with Crippen molar-refractivity contribution >= 4 is 8.80 Å². The van der Waals surface area contributed by atoms with Crippen LogP contribution in [0.2, 0.25) is 6.04 Å². The second-order valence-corrected chi connectivity index (χ2v) is 13.1. The monoisotopic (exact) mass is 426 g/mol. The quantitative estimate of drug-likeness (QED) is 0.211. The number of rotatable bonds is 14. The first-order chi connectivity index (χ1) is 14.1. The maximum atomic E-state index is 5.56. The highest BCUT2D eigenvalue weighted by Gasteiger charge is 2.37. The molecule has 4 heteroatoms. The van der Waals surface area contributed by atoms with E-state index in [9.17, 15) is 0 Å². The van der Waals surface area contributed by atoms with Crippen LogP contribution in [-0.2, 0) is 13.3 Å². The first-order valence-corrected chi connectivity index (χ1v) is 14.7. The van der Waals surface area contributed by atoms with E-state index in [-0.39, 0.29) is 0 Å². The van der Waals surface area contributed by atoms with Gasteiger partial charge in [0.15, 0.2) is 0 Å². The Hall–Kier alpha value is 0.0969. The molecule has 3 nitrogen and oxygen atoms in total. The Balaban J connectivity index is 1.53. The minimum absolute atomic E-state index is 0.919. The summed E-state index contributed by atoms with van der Waals surface area (Å²) in [6.07, 6.45) is 23.2. The van der Waals surface area contributed by atoms with Crippen molar-refractivity contribution in [1.82, 2.24) is 0 Å². The molecule has 0 aromatic rings. The normalized spacial score (nSPS) is 28.6. The van der Waals surface area contributed by atoms with Crippen molar-refractivity contribution < 1.29 is 13.3 Å². The van der Waals surface area contributed by atoms with Gasteiger partial charge in [-0.15, -0.1) is 0 Å². The van der Waals surface area contributed by atoms with Gasteiger partial charge in [0.05, 0.1) is 0 Å². The second kappa shape index (κ2) is 14.2. The molecule has 29 heavy (non-hydrogen) atoms. The van der Waals surface area contributed by atoms with E-state index in [1.165, 1.54) is 103 Å². The Bertz CT molecular complexity index is 389. The first-order valence-electron chi connectivity index (χ1n) is 12.8. The van der Waals surface area contributed by atoms with Crippen LogP contribution in [0.1, 0.15) is 110 Å². The molecule has 0 aromatic carbocycles. The molecule has 0 unspecified atom stereocenters. The first kappa shape index (κ1) is 25.4. The fourth-order valence-electron chi connectivity index (χ4n) is 5.94. The molecule has 2 saturated carbocycles. The van der Waals surface area contributed by atoms with Gasteiger partial charge in [-0.25, -0.2) is 0 Å². The molecule has 0 spiro atoms. The van der Waals surface area contributed by atoms with Crippen LogP contribution in [0.15, 0.2) is 0 Å². The van der Waals surface area contributed by atoms with E-state index < -0.39 is 8.80 Å². The fraction of sp³-hybridized carbons (Fsp3) is 1.00. The molecule has 2 rings (SSSR count). The number of hydrogen-bond donors (Lipinski definition) is 0. The zero-order chi connectivity index (χ0) is 21.0. The summed E-state index contributed by atoms with van der Waals surface area (Å²) in [4.78, 5) is 0. The van der Waals surface area contributed by atoms with Crippen LogP contribution in [0.3, 0.4) is 0 Å². The van der Waals surface area contributed by atoms with Gasteiger partial charge >= 0.3 is 8.80 Å². The van der Waals surface area contributed by atoms with Gasteiger partial charge in [-0.2, -0.15) is 0 Å². The van der Waals surface area contributed by atoms with E-state index in [2.05, 4.69) is 6.92 Å². The van der Waals surface area contributed by atoms with E-state index in [0.717, 1.165) is 29.7 Å². The van der Waals surface area contributed by atoms with Gasteiger partial charge in [-0.05, 0) is 30.1 Å². The third-order valence-electron chi connectivity index (χ3n) is 8.16. The van der Waals surface area contributed by atoms with Crippen LogP contribution in [-0.4, -0.2) is 30.1 Å². The maximum Gasteiger partial charge on any atom is 0.500 e. The predicted molar refractivity (Wildman–Crippen MR) is 125 cm³/mol. The van der Waals surface area contributed by atoms with Crippen molar-refractivity contribution in [3.63, 3.8) is 0 Å². The minimum Gasteiger partial charge on any atom is -0.377 e. The van der Waals surface area contributed by atoms with Gasteiger partial charge in [-0.1, -0.05) is 103 Å². The van der Waals surface area contributed by atoms with Gasteiger partial charge in [0.25, 0.3) is 0 Å².